The molecule has 1 fully saturated rings. The molecule has 3 aromatic rings. The molecule has 1 aliphatic heterocycles. The number of hydrogen-bond donors (Lipinski definition) is 1. The summed E-state index contributed by atoms with van der Waals surface area (Å²) in [4.78, 5) is 30.1. The van der Waals surface area contributed by atoms with Gasteiger partial charge in [-0.2, -0.15) is 0 Å². The predicted molar refractivity (Wildman–Crippen MR) is 115 cm³/mol. The Kier molecular flexibility index (Phi) is 5.37. The standard InChI is InChI=1S/C22H24N6O/c1-16-4-5-17(2)20(12-16)26-21(29)18-13-19(15-23-14-18)27-8-10-28(11-9-27)22-24-6-3-7-25-22/h3-7,12-15H,8-11H2,1-2H3,(H,26,29). The number of aryl methyl sites for hydroxylation is 2. The molecular weight excluding hydrogens is 364 g/mol. The van der Waals surface area contributed by atoms with Crippen molar-refractivity contribution in [2.45, 2.75) is 13.8 Å². The summed E-state index contributed by atoms with van der Waals surface area (Å²) in [5.74, 6) is 0.608. The maximum atomic E-state index is 12.8. The molecule has 1 aliphatic rings. The third kappa shape index (κ3) is 4.34. The van der Waals surface area contributed by atoms with Crippen LogP contribution in [0.25, 0.3) is 0 Å². The number of anilines is 3. The maximum Gasteiger partial charge on any atom is 0.257 e. The topological polar surface area (TPSA) is 74.2 Å². The third-order valence-electron chi connectivity index (χ3n) is 5.11. The number of amides is 1. The van der Waals surface area contributed by atoms with Crippen LogP contribution in [0, 0.1) is 13.8 Å². The molecule has 1 N–H and O–H groups in total. The lowest BCUT2D eigenvalue weighted by Crippen LogP contribution is -2.47. The molecule has 0 unspecified atom stereocenters. The first-order chi connectivity index (χ1) is 14.1. The molecule has 0 atom stereocenters. The third-order valence-corrected chi connectivity index (χ3v) is 5.11. The number of rotatable bonds is 4. The SMILES string of the molecule is Cc1ccc(C)c(NC(=O)c2cncc(N3CCN(c4ncccn4)CC3)c2)c1. The van der Waals surface area contributed by atoms with Gasteiger partial charge in [0, 0.05) is 50.5 Å². The van der Waals surface area contributed by atoms with Gasteiger partial charge in [-0.1, -0.05) is 12.1 Å². The van der Waals surface area contributed by atoms with E-state index in [1.165, 1.54) is 0 Å². The Labute approximate surface area is 170 Å². The highest BCUT2D eigenvalue weighted by molar-refractivity contribution is 6.05. The molecule has 0 bridgehead atoms. The van der Waals surface area contributed by atoms with Crippen LogP contribution in [-0.2, 0) is 0 Å². The highest BCUT2D eigenvalue weighted by Gasteiger charge is 2.20. The van der Waals surface area contributed by atoms with E-state index in [0.717, 1.165) is 54.6 Å². The van der Waals surface area contributed by atoms with Gasteiger partial charge in [-0.15, -0.1) is 0 Å². The van der Waals surface area contributed by atoms with E-state index in [1.807, 2.05) is 50.4 Å². The van der Waals surface area contributed by atoms with Crippen molar-refractivity contribution in [3.8, 4) is 0 Å². The first kappa shape index (κ1) is 18.9. The molecule has 7 nitrogen and oxygen atoms in total. The van der Waals surface area contributed by atoms with Gasteiger partial charge in [0.25, 0.3) is 5.91 Å². The van der Waals surface area contributed by atoms with Crippen molar-refractivity contribution in [3.05, 3.63) is 71.8 Å². The Morgan fingerprint density at radius 2 is 1.69 bits per heavy atom. The Morgan fingerprint density at radius 3 is 2.45 bits per heavy atom. The second-order valence-corrected chi connectivity index (χ2v) is 7.23. The molecule has 0 radical (unpaired) electrons. The lowest BCUT2D eigenvalue weighted by molar-refractivity contribution is 0.102. The molecule has 29 heavy (non-hydrogen) atoms. The van der Waals surface area contributed by atoms with Crippen molar-refractivity contribution in [1.82, 2.24) is 15.0 Å². The van der Waals surface area contributed by atoms with Crippen molar-refractivity contribution in [2.24, 2.45) is 0 Å². The maximum absolute atomic E-state index is 12.8. The Balaban J connectivity index is 1.44. The molecular formula is C22H24N6O. The summed E-state index contributed by atoms with van der Waals surface area (Å²) in [5.41, 5.74) is 4.48. The number of aromatic nitrogens is 3. The van der Waals surface area contributed by atoms with Crippen molar-refractivity contribution < 1.29 is 4.79 Å². The number of pyridine rings is 1. The lowest BCUT2D eigenvalue weighted by Gasteiger charge is -2.35. The minimum Gasteiger partial charge on any atom is -0.367 e. The zero-order chi connectivity index (χ0) is 20.2. The van der Waals surface area contributed by atoms with Crippen LogP contribution < -0.4 is 15.1 Å². The molecule has 0 aliphatic carbocycles. The van der Waals surface area contributed by atoms with Gasteiger partial charge in [0.15, 0.2) is 0 Å². The summed E-state index contributed by atoms with van der Waals surface area (Å²) < 4.78 is 0. The van der Waals surface area contributed by atoms with Crippen LogP contribution in [0.3, 0.4) is 0 Å². The van der Waals surface area contributed by atoms with Gasteiger partial charge in [0.1, 0.15) is 0 Å². The summed E-state index contributed by atoms with van der Waals surface area (Å²) in [7, 11) is 0. The molecule has 1 aromatic carbocycles. The smallest absolute Gasteiger partial charge is 0.257 e. The zero-order valence-corrected chi connectivity index (χ0v) is 16.7. The van der Waals surface area contributed by atoms with Gasteiger partial charge in [0.2, 0.25) is 5.95 Å². The predicted octanol–water partition coefficient (Wildman–Crippen LogP) is 3.07. The van der Waals surface area contributed by atoms with E-state index in [4.69, 9.17) is 0 Å². The fourth-order valence-corrected chi connectivity index (χ4v) is 3.41. The van der Waals surface area contributed by atoms with Gasteiger partial charge < -0.3 is 15.1 Å². The first-order valence-electron chi connectivity index (χ1n) is 9.71. The summed E-state index contributed by atoms with van der Waals surface area (Å²) in [5, 5.41) is 3.00. The number of hydrogen-bond acceptors (Lipinski definition) is 6. The average molecular weight is 388 g/mol. The summed E-state index contributed by atoms with van der Waals surface area (Å²) in [6, 6.07) is 9.75. The zero-order valence-electron chi connectivity index (χ0n) is 16.7. The van der Waals surface area contributed by atoms with Crippen LogP contribution in [0.2, 0.25) is 0 Å². The van der Waals surface area contributed by atoms with Gasteiger partial charge in [-0.25, -0.2) is 9.97 Å². The highest BCUT2D eigenvalue weighted by atomic mass is 16.1. The molecule has 4 rings (SSSR count). The number of nitrogens with one attached hydrogen (secondary N) is 1. The molecule has 2 aromatic heterocycles. The van der Waals surface area contributed by atoms with Crippen molar-refractivity contribution >= 4 is 23.2 Å². The van der Waals surface area contributed by atoms with Crippen LogP contribution in [-0.4, -0.2) is 47.0 Å². The number of piperazine rings is 1. The van der Waals surface area contributed by atoms with E-state index in [0.29, 0.717) is 5.56 Å². The average Bonchev–Trinajstić information content (AvgIpc) is 2.77. The van der Waals surface area contributed by atoms with Gasteiger partial charge >= 0.3 is 0 Å². The second kappa shape index (κ2) is 8.26. The van der Waals surface area contributed by atoms with Crippen LogP contribution >= 0.6 is 0 Å². The minimum absolute atomic E-state index is 0.149. The lowest BCUT2D eigenvalue weighted by atomic mass is 10.1. The quantitative estimate of drug-likeness (QED) is 0.740. The van der Waals surface area contributed by atoms with E-state index in [1.54, 1.807) is 18.6 Å². The van der Waals surface area contributed by atoms with Crippen LogP contribution in [0.15, 0.2) is 55.1 Å². The number of carbonyl (C=O) groups excluding carboxylic acids is 1. The molecule has 0 spiro atoms. The van der Waals surface area contributed by atoms with E-state index >= 15 is 0 Å². The normalized spacial score (nSPS) is 14.0. The summed E-state index contributed by atoms with van der Waals surface area (Å²) in [6.45, 7) is 7.28. The van der Waals surface area contributed by atoms with E-state index < -0.39 is 0 Å². The van der Waals surface area contributed by atoms with Crippen molar-refractivity contribution in [1.29, 1.82) is 0 Å². The van der Waals surface area contributed by atoms with E-state index in [-0.39, 0.29) is 5.91 Å². The van der Waals surface area contributed by atoms with Crippen LogP contribution in [0.4, 0.5) is 17.3 Å². The van der Waals surface area contributed by atoms with Gasteiger partial charge in [0.05, 0.1) is 17.4 Å². The largest absolute Gasteiger partial charge is 0.367 e. The summed E-state index contributed by atoms with van der Waals surface area (Å²) >= 11 is 0. The molecule has 0 saturated carbocycles. The summed E-state index contributed by atoms with van der Waals surface area (Å²) in [6.07, 6.45) is 6.94. The Hall–Kier alpha value is -3.48. The molecule has 148 valence electrons. The monoisotopic (exact) mass is 388 g/mol. The molecule has 1 saturated heterocycles. The Morgan fingerprint density at radius 1 is 0.966 bits per heavy atom. The molecule has 7 heteroatoms. The second-order valence-electron chi connectivity index (χ2n) is 7.23. The number of benzene rings is 1. The fraction of sp³-hybridized carbons (Fsp3) is 0.273. The Bertz CT molecular complexity index is 999. The van der Waals surface area contributed by atoms with Crippen molar-refractivity contribution in [2.75, 3.05) is 41.3 Å². The molecule has 3 heterocycles. The van der Waals surface area contributed by atoms with E-state index in [2.05, 4.69) is 30.1 Å². The minimum atomic E-state index is -0.149. The van der Waals surface area contributed by atoms with Crippen molar-refractivity contribution in [3.63, 3.8) is 0 Å². The first-order valence-corrected chi connectivity index (χ1v) is 9.71. The van der Waals surface area contributed by atoms with Crippen LogP contribution in [0.1, 0.15) is 21.5 Å². The van der Waals surface area contributed by atoms with Gasteiger partial charge in [-0.05, 0) is 43.2 Å². The fourth-order valence-electron chi connectivity index (χ4n) is 3.41. The highest BCUT2D eigenvalue weighted by Crippen LogP contribution is 2.21. The van der Waals surface area contributed by atoms with Gasteiger partial charge in [-0.3, -0.25) is 9.78 Å². The van der Waals surface area contributed by atoms with E-state index in [9.17, 15) is 4.79 Å². The van der Waals surface area contributed by atoms with Crippen LogP contribution in [0.5, 0.6) is 0 Å². The number of carbonyl (C=O) groups is 1. The molecule has 1 amide bonds. The number of nitrogens with zero attached hydrogens (tertiary/aromatic N) is 5.